The van der Waals surface area contributed by atoms with Crippen LogP contribution >= 0.6 is 0 Å². The molecule has 0 spiro atoms. The zero-order valence-electron chi connectivity index (χ0n) is 11.3. The maximum Gasteiger partial charge on any atom is 0.245 e. The zero-order valence-corrected chi connectivity index (χ0v) is 12.1. The third-order valence-corrected chi connectivity index (χ3v) is 5.88. The zero-order chi connectivity index (χ0) is 14.2. The van der Waals surface area contributed by atoms with Gasteiger partial charge in [0.1, 0.15) is 4.90 Å². The summed E-state index contributed by atoms with van der Waals surface area (Å²) in [4.78, 5) is 0.214. The molecule has 3 N–H and O–H groups in total. The number of nitrogens with zero attached hydrogens (tertiary/aromatic N) is 1. The van der Waals surface area contributed by atoms with Crippen molar-refractivity contribution in [1.82, 2.24) is 4.31 Å². The molecule has 5 nitrogen and oxygen atoms in total. The fourth-order valence-corrected chi connectivity index (χ4v) is 4.37. The number of hydrogen-bond acceptors (Lipinski definition) is 4. The van der Waals surface area contributed by atoms with Gasteiger partial charge in [-0.25, -0.2) is 8.42 Å². The average molecular weight is 284 g/mol. The molecule has 1 unspecified atom stereocenters. The highest BCUT2D eigenvalue weighted by molar-refractivity contribution is 7.89. The molecule has 1 aromatic carbocycles. The maximum absolute atomic E-state index is 12.7. The second-order valence-electron chi connectivity index (χ2n) is 5.13. The van der Waals surface area contributed by atoms with Gasteiger partial charge in [0.25, 0.3) is 0 Å². The molecule has 1 heterocycles. The van der Waals surface area contributed by atoms with E-state index in [1.54, 1.807) is 13.0 Å². The average Bonchev–Trinajstić information content (AvgIpc) is 2.83. The van der Waals surface area contributed by atoms with Crippen molar-refractivity contribution in [1.29, 1.82) is 0 Å². The number of anilines is 1. The van der Waals surface area contributed by atoms with Gasteiger partial charge < -0.3 is 10.8 Å². The minimum absolute atomic E-state index is 0.0221. The fraction of sp³-hybridized carbons (Fsp3) is 0.538. The Hall–Kier alpha value is -1.11. The van der Waals surface area contributed by atoms with Gasteiger partial charge in [-0.15, -0.1) is 0 Å². The van der Waals surface area contributed by atoms with Crippen molar-refractivity contribution >= 4 is 15.7 Å². The molecule has 2 rings (SSSR count). The molecule has 1 saturated heterocycles. The highest BCUT2D eigenvalue weighted by Crippen LogP contribution is 2.31. The largest absolute Gasteiger partial charge is 0.398 e. The van der Waals surface area contributed by atoms with Gasteiger partial charge in [0.2, 0.25) is 10.0 Å². The van der Waals surface area contributed by atoms with Crippen molar-refractivity contribution in [3.8, 4) is 0 Å². The molecule has 1 fully saturated rings. The number of aryl methyl sites for hydroxylation is 1. The Kier molecular flexibility index (Phi) is 3.85. The van der Waals surface area contributed by atoms with Crippen LogP contribution in [0.15, 0.2) is 17.0 Å². The lowest BCUT2D eigenvalue weighted by atomic mass is 10.1. The van der Waals surface area contributed by atoms with Gasteiger partial charge in [0.15, 0.2) is 0 Å². The Morgan fingerprint density at radius 3 is 2.68 bits per heavy atom. The molecular weight excluding hydrogens is 264 g/mol. The summed E-state index contributed by atoms with van der Waals surface area (Å²) in [7, 11) is -3.57. The summed E-state index contributed by atoms with van der Waals surface area (Å²) in [6, 6.07) is 3.46. The molecule has 0 radical (unpaired) electrons. The normalized spacial score (nSPS) is 20.9. The van der Waals surface area contributed by atoms with Crippen LogP contribution in [0.1, 0.15) is 17.5 Å². The molecule has 0 amide bonds. The molecule has 19 heavy (non-hydrogen) atoms. The third kappa shape index (κ3) is 2.48. The number of benzene rings is 1. The molecule has 0 aromatic heterocycles. The molecule has 0 bridgehead atoms. The Morgan fingerprint density at radius 2 is 2.11 bits per heavy atom. The number of hydrogen-bond donors (Lipinski definition) is 2. The van der Waals surface area contributed by atoms with E-state index in [4.69, 9.17) is 10.8 Å². The molecular formula is C13H20N2O3S. The molecule has 106 valence electrons. The number of nitrogen functional groups attached to an aromatic ring is 1. The van der Waals surface area contributed by atoms with E-state index < -0.39 is 10.0 Å². The summed E-state index contributed by atoms with van der Waals surface area (Å²) in [5, 5.41) is 9.13. The Labute approximate surface area is 114 Å². The molecule has 1 atom stereocenters. The van der Waals surface area contributed by atoms with Gasteiger partial charge in [-0.1, -0.05) is 6.07 Å². The van der Waals surface area contributed by atoms with Crippen molar-refractivity contribution in [2.75, 3.05) is 25.4 Å². The van der Waals surface area contributed by atoms with Gasteiger partial charge in [0, 0.05) is 19.7 Å². The van der Waals surface area contributed by atoms with E-state index in [1.165, 1.54) is 4.31 Å². The first-order valence-electron chi connectivity index (χ1n) is 6.34. The second-order valence-corrected chi connectivity index (χ2v) is 7.00. The van der Waals surface area contributed by atoms with Crippen LogP contribution in [0.3, 0.4) is 0 Å². The number of rotatable bonds is 3. The molecule has 0 aliphatic carbocycles. The fourth-order valence-electron chi connectivity index (χ4n) is 2.45. The van der Waals surface area contributed by atoms with Crippen LogP contribution < -0.4 is 5.73 Å². The predicted molar refractivity (Wildman–Crippen MR) is 74.3 cm³/mol. The first-order valence-corrected chi connectivity index (χ1v) is 7.78. The predicted octanol–water partition coefficient (Wildman–Crippen LogP) is 0.889. The smallest absolute Gasteiger partial charge is 0.245 e. The van der Waals surface area contributed by atoms with E-state index >= 15 is 0 Å². The highest BCUT2D eigenvalue weighted by Gasteiger charge is 2.34. The van der Waals surface area contributed by atoms with E-state index in [0.717, 1.165) is 5.56 Å². The maximum atomic E-state index is 12.7. The topological polar surface area (TPSA) is 83.6 Å². The van der Waals surface area contributed by atoms with Crippen molar-refractivity contribution in [2.24, 2.45) is 5.92 Å². The van der Waals surface area contributed by atoms with Crippen LogP contribution in [0, 0.1) is 19.8 Å². The van der Waals surface area contributed by atoms with E-state index in [-0.39, 0.29) is 23.1 Å². The van der Waals surface area contributed by atoms with Crippen molar-refractivity contribution in [3.63, 3.8) is 0 Å². The van der Waals surface area contributed by atoms with E-state index in [0.29, 0.717) is 25.1 Å². The second kappa shape index (κ2) is 5.11. The summed E-state index contributed by atoms with van der Waals surface area (Å²) in [5.41, 5.74) is 7.75. The van der Waals surface area contributed by atoms with Crippen LogP contribution in [-0.4, -0.2) is 37.5 Å². The summed E-state index contributed by atoms with van der Waals surface area (Å²) in [6.07, 6.45) is 0.695. The van der Waals surface area contributed by atoms with Crippen LogP contribution in [-0.2, 0) is 10.0 Å². The summed E-state index contributed by atoms with van der Waals surface area (Å²) < 4.78 is 26.7. The van der Waals surface area contributed by atoms with Crippen LogP contribution in [0.4, 0.5) is 5.69 Å². The lowest BCUT2D eigenvalue weighted by Gasteiger charge is -2.20. The standard InChI is InChI=1S/C13H20N2O3S/c1-9-3-4-12(14)13(10(9)2)19(17,18)15-6-5-11(7-15)8-16/h3-4,11,16H,5-8,14H2,1-2H3. The van der Waals surface area contributed by atoms with Gasteiger partial charge >= 0.3 is 0 Å². The first kappa shape index (κ1) is 14.3. The van der Waals surface area contributed by atoms with E-state index in [2.05, 4.69) is 0 Å². The lowest BCUT2D eigenvalue weighted by molar-refractivity contribution is 0.233. The number of aliphatic hydroxyl groups is 1. The van der Waals surface area contributed by atoms with E-state index in [1.807, 2.05) is 13.0 Å². The van der Waals surface area contributed by atoms with Gasteiger partial charge in [-0.3, -0.25) is 0 Å². The number of nitrogens with two attached hydrogens (primary N) is 1. The molecule has 1 aliphatic rings. The lowest BCUT2D eigenvalue weighted by Crippen LogP contribution is -2.30. The quantitative estimate of drug-likeness (QED) is 0.807. The number of sulfonamides is 1. The van der Waals surface area contributed by atoms with Gasteiger partial charge in [0.05, 0.1) is 5.69 Å². The highest BCUT2D eigenvalue weighted by atomic mass is 32.2. The van der Waals surface area contributed by atoms with Crippen LogP contribution in [0.25, 0.3) is 0 Å². The van der Waals surface area contributed by atoms with Crippen molar-refractivity contribution < 1.29 is 13.5 Å². The van der Waals surface area contributed by atoms with Crippen molar-refractivity contribution in [3.05, 3.63) is 23.3 Å². The molecule has 0 saturated carbocycles. The monoisotopic (exact) mass is 284 g/mol. The SMILES string of the molecule is Cc1ccc(N)c(S(=O)(=O)N2CCC(CO)C2)c1C. The summed E-state index contributed by atoms with van der Waals surface area (Å²) >= 11 is 0. The summed E-state index contributed by atoms with van der Waals surface area (Å²) in [5.74, 6) is 0.0288. The molecule has 1 aromatic rings. The Balaban J connectivity index is 2.44. The minimum Gasteiger partial charge on any atom is -0.398 e. The minimum atomic E-state index is -3.57. The number of aliphatic hydroxyl groups excluding tert-OH is 1. The van der Waals surface area contributed by atoms with Crippen LogP contribution in [0.5, 0.6) is 0 Å². The first-order chi connectivity index (χ1) is 8.87. The Morgan fingerprint density at radius 1 is 1.42 bits per heavy atom. The van der Waals surface area contributed by atoms with Crippen LogP contribution in [0.2, 0.25) is 0 Å². The van der Waals surface area contributed by atoms with Crippen molar-refractivity contribution in [2.45, 2.75) is 25.2 Å². The Bertz CT molecular complexity index is 584. The van der Waals surface area contributed by atoms with Gasteiger partial charge in [-0.05, 0) is 43.4 Å². The van der Waals surface area contributed by atoms with E-state index in [9.17, 15) is 8.42 Å². The third-order valence-electron chi connectivity index (χ3n) is 3.81. The van der Waals surface area contributed by atoms with Gasteiger partial charge in [-0.2, -0.15) is 4.31 Å². The summed E-state index contributed by atoms with van der Waals surface area (Å²) in [6.45, 7) is 4.48. The molecule has 6 heteroatoms. The molecule has 1 aliphatic heterocycles.